The Morgan fingerprint density at radius 2 is 2.38 bits per heavy atom. The molecule has 2 heterocycles. The van der Waals surface area contributed by atoms with Crippen LogP contribution in [0.5, 0.6) is 0 Å². The van der Waals surface area contributed by atoms with Crippen LogP contribution in [-0.4, -0.2) is 21.4 Å². The van der Waals surface area contributed by atoms with Gasteiger partial charge in [0.25, 0.3) is 0 Å². The van der Waals surface area contributed by atoms with Crippen molar-refractivity contribution in [1.82, 2.24) is 15.2 Å². The number of aromatic nitrogens is 3. The zero-order chi connectivity index (χ0) is 9.10. The third kappa shape index (κ3) is 1.70. The fraction of sp³-hybridized carbons (Fsp3) is 0.125. The number of nitrogens with zero attached hydrogens (tertiary/aromatic N) is 3. The first-order chi connectivity index (χ1) is 6.40. The van der Waals surface area contributed by atoms with E-state index in [4.69, 9.17) is 4.42 Å². The molecule has 0 N–H and O–H groups in total. The van der Waals surface area contributed by atoms with Gasteiger partial charge in [0, 0.05) is 0 Å². The van der Waals surface area contributed by atoms with Crippen LogP contribution in [0, 0.1) is 0 Å². The third-order valence-corrected chi connectivity index (χ3v) is 2.03. The standard InChI is InChI=1S/C8H7N3OS/c1-13-8-10-6(5-9-11-8)7-3-2-4-12-7/h2-5H,1H3. The first kappa shape index (κ1) is 8.25. The van der Waals surface area contributed by atoms with Crippen LogP contribution in [0.3, 0.4) is 0 Å². The van der Waals surface area contributed by atoms with Crippen molar-refractivity contribution in [1.29, 1.82) is 0 Å². The van der Waals surface area contributed by atoms with E-state index in [0.29, 0.717) is 16.6 Å². The van der Waals surface area contributed by atoms with Gasteiger partial charge in [0.2, 0.25) is 5.16 Å². The minimum atomic E-state index is 0.647. The summed E-state index contributed by atoms with van der Waals surface area (Å²) < 4.78 is 5.18. The Balaban J connectivity index is 2.41. The zero-order valence-electron chi connectivity index (χ0n) is 6.97. The molecule has 2 aromatic rings. The Bertz CT molecular complexity index is 388. The maximum Gasteiger partial charge on any atom is 0.209 e. The minimum Gasteiger partial charge on any atom is -0.463 e. The number of furan rings is 1. The first-order valence-corrected chi connectivity index (χ1v) is 4.90. The van der Waals surface area contributed by atoms with E-state index in [9.17, 15) is 0 Å². The van der Waals surface area contributed by atoms with Gasteiger partial charge in [0.05, 0.1) is 12.5 Å². The molecular weight excluding hydrogens is 186 g/mol. The van der Waals surface area contributed by atoms with E-state index < -0.39 is 0 Å². The summed E-state index contributed by atoms with van der Waals surface area (Å²) in [5.41, 5.74) is 0.712. The monoisotopic (exact) mass is 193 g/mol. The van der Waals surface area contributed by atoms with Crippen molar-refractivity contribution in [3.8, 4) is 11.5 Å². The molecule has 4 nitrogen and oxygen atoms in total. The molecule has 66 valence electrons. The lowest BCUT2D eigenvalue weighted by molar-refractivity contribution is 0.577. The number of hydrogen-bond acceptors (Lipinski definition) is 5. The molecule has 0 saturated heterocycles. The molecule has 13 heavy (non-hydrogen) atoms. The minimum absolute atomic E-state index is 0.647. The highest BCUT2D eigenvalue weighted by atomic mass is 32.2. The lowest BCUT2D eigenvalue weighted by Crippen LogP contribution is -1.91. The average molecular weight is 193 g/mol. The predicted octanol–water partition coefficient (Wildman–Crippen LogP) is 1.85. The summed E-state index contributed by atoms with van der Waals surface area (Å²) in [7, 11) is 0. The largest absolute Gasteiger partial charge is 0.463 e. The van der Waals surface area contributed by atoms with E-state index >= 15 is 0 Å². The molecule has 0 spiro atoms. The maximum absolute atomic E-state index is 5.18. The summed E-state index contributed by atoms with van der Waals surface area (Å²) in [6.45, 7) is 0. The molecule has 0 bridgehead atoms. The van der Waals surface area contributed by atoms with Crippen LogP contribution in [0.2, 0.25) is 0 Å². The first-order valence-electron chi connectivity index (χ1n) is 3.68. The van der Waals surface area contributed by atoms with Crippen LogP contribution in [0.25, 0.3) is 11.5 Å². The zero-order valence-corrected chi connectivity index (χ0v) is 7.78. The predicted molar refractivity (Wildman–Crippen MR) is 49.3 cm³/mol. The molecular formula is C8H7N3OS. The van der Waals surface area contributed by atoms with Crippen molar-refractivity contribution in [2.45, 2.75) is 5.16 Å². The quantitative estimate of drug-likeness (QED) is 0.681. The molecule has 0 aliphatic carbocycles. The van der Waals surface area contributed by atoms with Gasteiger partial charge in [-0.1, -0.05) is 11.8 Å². The fourth-order valence-corrected chi connectivity index (χ4v) is 1.24. The van der Waals surface area contributed by atoms with Crippen molar-refractivity contribution < 1.29 is 4.42 Å². The molecule has 0 saturated carbocycles. The van der Waals surface area contributed by atoms with Gasteiger partial charge in [0.15, 0.2) is 5.76 Å². The summed E-state index contributed by atoms with van der Waals surface area (Å²) in [6.07, 6.45) is 5.09. The van der Waals surface area contributed by atoms with Gasteiger partial charge in [-0.15, -0.1) is 5.10 Å². The van der Waals surface area contributed by atoms with Crippen molar-refractivity contribution in [3.05, 3.63) is 24.6 Å². The van der Waals surface area contributed by atoms with Crippen LogP contribution >= 0.6 is 11.8 Å². The van der Waals surface area contributed by atoms with Gasteiger partial charge in [-0.2, -0.15) is 5.10 Å². The van der Waals surface area contributed by atoms with Crippen LogP contribution < -0.4 is 0 Å². The van der Waals surface area contributed by atoms with Gasteiger partial charge in [-0.05, 0) is 18.4 Å². The maximum atomic E-state index is 5.18. The Hall–Kier alpha value is -1.36. The summed E-state index contributed by atoms with van der Waals surface area (Å²) in [5.74, 6) is 0.713. The molecule has 0 unspecified atom stereocenters. The second kappa shape index (κ2) is 3.57. The number of hydrogen-bond donors (Lipinski definition) is 0. The van der Waals surface area contributed by atoms with Crippen molar-refractivity contribution >= 4 is 11.8 Å². The molecule has 5 heteroatoms. The summed E-state index contributed by atoms with van der Waals surface area (Å²) in [6, 6.07) is 3.66. The second-order valence-electron chi connectivity index (χ2n) is 2.31. The molecule has 2 aromatic heterocycles. The Morgan fingerprint density at radius 1 is 1.46 bits per heavy atom. The van der Waals surface area contributed by atoms with Gasteiger partial charge >= 0.3 is 0 Å². The van der Waals surface area contributed by atoms with E-state index in [0.717, 1.165) is 0 Å². The summed E-state index contributed by atoms with van der Waals surface area (Å²) in [5, 5.41) is 8.29. The van der Waals surface area contributed by atoms with Crippen LogP contribution in [0.15, 0.2) is 34.2 Å². The van der Waals surface area contributed by atoms with Crippen LogP contribution in [0.1, 0.15) is 0 Å². The number of rotatable bonds is 2. The number of thioether (sulfide) groups is 1. The molecule has 0 aliphatic rings. The molecule has 0 radical (unpaired) electrons. The SMILES string of the molecule is CSc1nncc(-c2ccco2)n1. The topological polar surface area (TPSA) is 51.8 Å². The molecule has 0 fully saturated rings. The van der Waals surface area contributed by atoms with Crippen molar-refractivity contribution in [3.63, 3.8) is 0 Å². The summed E-state index contributed by atoms with van der Waals surface area (Å²) in [4.78, 5) is 4.23. The molecule has 0 aliphatic heterocycles. The Morgan fingerprint density at radius 3 is 3.08 bits per heavy atom. The van der Waals surface area contributed by atoms with Gasteiger partial charge in [-0.3, -0.25) is 0 Å². The molecule has 2 rings (SSSR count). The Labute approximate surface area is 79.4 Å². The lowest BCUT2D eigenvalue weighted by atomic mass is 10.3. The lowest BCUT2D eigenvalue weighted by Gasteiger charge is -1.95. The molecule has 0 aromatic carbocycles. The highest BCUT2D eigenvalue weighted by Crippen LogP contribution is 2.17. The summed E-state index contributed by atoms with van der Waals surface area (Å²) >= 11 is 1.45. The van der Waals surface area contributed by atoms with E-state index in [1.165, 1.54) is 11.8 Å². The van der Waals surface area contributed by atoms with Gasteiger partial charge < -0.3 is 4.42 Å². The van der Waals surface area contributed by atoms with E-state index in [-0.39, 0.29) is 0 Å². The molecule has 0 amide bonds. The van der Waals surface area contributed by atoms with E-state index in [2.05, 4.69) is 15.2 Å². The molecule has 0 atom stereocenters. The van der Waals surface area contributed by atoms with Gasteiger partial charge in [-0.25, -0.2) is 4.98 Å². The normalized spacial score (nSPS) is 10.2. The van der Waals surface area contributed by atoms with E-state index in [1.807, 2.05) is 18.4 Å². The second-order valence-corrected chi connectivity index (χ2v) is 3.08. The third-order valence-electron chi connectivity index (χ3n) is 1.50. The van der Waals surface area contributed by atoms with Gasteiger partial charge in [0.1, 0.15) is 5.69 Å². The van der Waals surface area contributed by atoms with Crippen molar-refractivity contribution in [2.75, 3.05) is 6.26 Å². The highest BCUT2D eigenvalue weighted by molar-refractivity contribution is 7.98. The van der Waals surface area contributed by atoms with E-state index in [1.54, 1.807) is 12.5 Å². The highest BCUT2D eigenvalue weighted by Gasteiger charge is 2.03. The fourth-order valence-electron chi connectivity index (χ4n) is 0.917. The van der Waals surface area contributed by atoms with Crippen molar-refractivity contribution in [2.24, 2.45) is 0 Å². The van der Waals surface area contributed by atoms with Crippen LogP contribution in [-0.2, 0) is 0 Å². The van der Waals surface area contributed by atoms with Crippen LogP contribution in [0.4, 0.5) is 0 Å². The Kier molecular flexibility index (Phi) is 2.27. The average Bonchev–Trinajstić information content (AvgIpc) is 2.71. The smallest absolute Gasteiger partial charge is 0.209 e.